The highest BCUT2D eigenvalue weighted by Gasteiger charge is 2.17. The van der Waals surface area contributed by atoms with Gasteiger partial charge in [-0.3, -0.25) is 0 Å². The van der Waals surface area contributed by atoms with E-state index in [1.165, 1.54) is 16.7 Å². The van der Waals surface area contributed by atoms with Gasteiger partial charge in [0.15, 0.2) is 0 Å². The fraction of sp³-hybridized carbons (Fsp3) is 0.500. The van der Waals surface area contributed by atoms with Gasteiger partial charge < -0.3 is 10.1 Å². The molecule has 1 heterocycles. The van der Waals surface area contributed by atoms with Crippen molar-refractivity contribution in [2.45, 2.75) is 20.0 Å². The SMILES string of the molecule is Cc1ccc(C)c(C2CNCCO2)c1. The Labute approximate surface area is 85.3 Å². The van der Waals surface area contributed by atoms with Crippen LogP contribution < -0.4 is 5.32 Å². The van der Waals surface area contributed by atoms with Gasteiger partial charge in [-0.1, -0.05) is 23.8 Å². The lowest BCUT2D eigenvalue weighted by atomic mass is 10.0. The molecule has 0 aliphatic carbocycles. The first kappa shape index (κ1) is 9.69. The molecule has 1 aliphatic rings. The summed E-state index contributed by atoms with van der Waals surface area (Å²) in [4.78, 5) is 0. The van der Waals surface area contributed by atoms with E-state index in [9.17, 15) is 0 Å². The predicted molar refractivity (Wildman–Crippen MR) is 57.5 cm³/mol. The lowest BCUT2D eigenvalue weighted by Gasteiger charge is -2.25. The number of hydrogen-bond acceptors (Lipinski definition) is 2. The summed E-state index contributed by atoms with van der Waals surface area (Å²) in [5, 5.41) is 3.35. The summed E-state index contributed by atoms with van der Waals surface area (Å²) in [6.07, 6.45) is 0.239. The Balaban J connectivity index is 2.24. The fourth-order valence-corrected chi connectivity index (χ4v) is 1.87. The molecule has 0 radical (unpaired) electrons. The van der Waals surface area contributed by atoms with Gasteiger partial charge in [0.05, 0.1) is 12.7 Å². The van der Waals surface area contributed by atoms with Gasteiger partial charge in [-0.15, -0.1) is 0 Å². The van der Waals surface area contributed by atoms with Crippen molar-refractivity contribution in [2.75, 3.05) is 19.7 Å². The van der Waals surface area contributed by atoms with Crippen LogP contribution in [0.5, 0.6) is 0 Å². The van der Waals surface area contributed by atoms with Crippen LogP contribution in [0.4, 0.5) is 0 Å². The van der Waals surface area contributed by atoms with E-state index in [4.69, 9.17) is 4.74 Å². The normalized spacial score (nSPS) is 22.3. The molecular weight excluding hydrogens is 174 g/mol. The van der Waals surface area contributed by atoms with Crippen molar-refractivity contribution >= 4 is 0 Å². The number of hydrogen-bond donors (Lipinski definition) is 1. The average Bonchev–Trinajstić information content (AvgIpc) is 2.23. The third kappa shape index (κ3) is 1.97. The van der Waals surface area contributed by atoms with Gasteiger partial charge in [-0.25, -0.2) is 0 Å². The summed E-state index contributed by atoms with van der Waals surface area (Å²) in [6, 6.07) is 6.55. The number of nitrogens with one attached hydrogen (secondary N) is 1. The van der Waals surface area contributed by atoms with Crippen molar-refractivity contribution in [1.29, 1.82) is 0 Å². The summed E-state index contributed by atoms with van der Waals surface area (Å²) in [5.41, 5.74) is 3.96. The molecule has 1 atom stereocenters. The molecule has 2 nitrogen and oxygen atoms in total. The first-order valence-electron chi connectivity index (χ1n) is 5.17. The van der Waals surface area contributed by atoms with Crippen LogP contribution in [0.2, 0.25) is 0 Å². The smallest absolute Gasteiger partial charge is 0.0952 e. The molecule has 1 aromatic carbocycles. The van der Waals surface area contributed by atoms with E-state index in [1.54, 1.807) is 0 Å². The maximum atomic E-state index is 5.74. The van der Waals surface area contributed by atoms with Crippen LogP contribution in [-0.4, -0.2) is 19.7 Å². The molecule has 1 aromatic rings. The van der Waals surface area contributed by atoms with E-state index in [-0.39, 0.29) is 6.10 Å². The highest BCUT2D eigenvalue weighted by atomic mass is 16.5. The molecule has 1 aliphatic heterocycles. The first-order chi connectivity index (χ1) is 6.77. The standard InChI is InChI=1S/C12H17NO/c1-9-3-4-10(2)11(7-9)12-8-13-5-6-14-12/h3-4,7,12-13H,5-6,8H2,1-2H3. The fourth-order valence-electron chi connectivity index (χ4n) is 1.87. The summed E-state index contributed by atoms with van der Waals surface area (Å²) >= 11 is 0. The minimum Gasteiger partial charge on any atom is -0.371 e. The lowest BCUT2D eigenvalue weighted by Crippen LogP contribution is -2.33. The second kappa shape index (κ2) is 4.11. The molecule has 0 aromatic heterocycles. The first-order valence-corrected chi connectivity index (χ1v) is 5.17. The van der Waals surface area contributed by atoms with Crippen molar-refractivity contribution in [1.82, 2.24) is 5.32 Å². The van der Waals surface area contributed by atoms with E-state index < -0.39 is 0 Å². The van der Waals surface area contributed by atoms with E-state index in [2.05, 4.69) is 37.4 Å². The van der Waals surface area contributed by atoms with E-state index in [0.29, 0.717) is 0 Å². The van der Waals surface area contributed by atoms with Crippen molar-refractivity contribution < 1.29 is 4.74 Å². The molecule has 2 heteroatoms. The molecule has 0 saturated carbocycles. The van der Waals surface area contributed by atoms with Crippen LogP contribution in [0, 0.1) is 13.8 Å². The topological polar surface area (TPSA) is 21.3 Å². The molecule has 1 fully saturated rings. The molecule has 1 unspecified atom stereocenters. The maximum Gasteiger partial charge on any atom is 0.0952 e. The predicted octanol–water partition coefficient (Wildman–Crippen LogP) is 1.96. The summed E-state index contributed by atoms with van der Waals surface area (Å²) in [6.45, 7) is 7.00. The molecule has 2 rings (SSSR count). The molecular formula is C12H17NO. The highest BCUT2D eigenvalue weighted by Crippen LogP contribution is 2.23. The largest absolute Gasteiger partial charge is 0.371 e. The molecule has 1 saturated heterocycles. The highest BCUT2D eigenvalue weighted by molar-refractivity contribution is 5.32. The van der Waals surface area contributed by atoms with Gasteiger partial charge in [-0.05, 0) is 25.0 Å². The van der Waals surface area contributed by atoms with Gasteiger partial charge >= 0.3 is 0 Å². The second-order valence-corrected chi connectivity index (χ2v) is 3.92. The molecule has 0 amide bonds. The van der Waals surface area contributed by atoms with Crippen LogP contribution in [-0.2, 0) is 4.74 Å². The van der Waals surface area contributed by atoms with E-state index >= 15 is 0 Å². The summed E-state index contributed by atoms with van der Waals surface area (Å²) in [7, 11) is 0. The van der Waals surface area contributed by atoms with Crippen molar-refractivity contribution in [3.05, 3.63) is 34.9 Å². The Kier molecular flexibility index (Phi) is 2.85. The average molecular weight is 191 g/mol. The monoisotopic (exact) mass is 191 g/mol. The number of ether oxygens (including phenoxy) is 1. The van der Waals surface area contributed by atoms with Gasteiger partial charge in [-0.2, -0.15) is 0 Å². The number of aryl methyl sites for hydroxylation is 2. The van der Waals surface area contributed by atoms with Gasteiger partial charge in [0.2, 0.25) is 0 Å². The molecule has 76 valence electrons. The summed E-state index contributed by atoms with van der Waals surface area (Å²) in [5.74, 6) is 0. The zero-order valence-corrected chi connectivity index (χ0v) is 8.84. The van der Waals surface area contributed by atoms with E-state index in [0.717, 1.165) is 19.7 Å². The third-order valence-electron chi connectivity index (χ3n) is 2.71. The van der Waals surface area contributed by atoms with Crippen LogP contribution >= 0.6 is 0 Å². The number of rotatable bonds is 1. The zero-order valence-electron chi connectivity index (χ0n) is 8.84. The van der Waals surface area contributed by atoms with Crippen LogP contribution in [0.3, 0.4) is 0 Å². The molecule has 0 bridgehead atoms. The van der Waals surface area contributed by atoms with E-state index in [1.807, 2.05) is 0 Å². The van der Waals surface area contributed by atoms with Gasteiger partial charge in [0.1, 0.15) is 0 Å². The zero-order chi connectivity index (χ0) is 9.97. The quantitative estimate of drug-likeness (QED) is 0.732. The Hall–Kier alpha value is -0.860. The lowest BCUT2D eigenvalue weighted by molar-refractivity contribution is 0.0273. The Morgan fingerprint density at radius 3 is 2.93 bits per heavy atom. The van der Waals surface area contributed by atoms with Crippen molar-refractivity contribution in [3.8, 4) is 0 Å². The van der Waals surface area contributed by atoms with Gasteiger partial charge in [0, 0.05) is 13.1 Å². The maximum absolute atomic E-state index is 5.74. The molecule has 1 N–H and O–H groups in total. The molecule has 14 heavy (non-hydrogen) atoms. The Morgan fingerprint density at radius 2 is 2.21 bits per heavy atom. The number of benzene rings is 1. The van der Waals surface area contributed by atoms with Crippen LogP contribution in [0.15, 0.2) is 18.2 Å². The Bertz CT molecular complexity index is 316. The second-order valence-electron chi connectivity index (χ2n) is 3.92. The van der Waals surface area contributed by atoms with Crippen LogP contribution in [0.25, 0.3) is 0 Å². The number of morpholine rings is 1. The molecule has 0 spiro atoms. The minimum absolute atomic E-state index is 0.239. The van der Waals surface area contributed by atoms with Gasteiger partial charge in [0.25, 0.3) is 0 Å². The minimum atomic E-state index is 0.239. The van der Waals surface area contributed by atoms with Crippen molar-refractivity contribution in [3.63, 3.8) is 0 Å². The van der Waals surface area contributed by atoms with Crippen LogP contribution in [0.1, 0.15) is 22.8 Å². The third-order valence-corrected chi connectivity index (χ3v) is 2.71. The van der Waals surface area contributed by atoms with Crippen molar-refractivity contribution in [2.24, 2.45) is 0 Å². The summed E-state index contributed by atoms with van der Waals surface area (Å²) < 4.78 is 5.74. The Morgan fingerprint density at radius 1 is 1.36 bits per heavy atom.